The highest BCUT2D eigenvalue weighted by atomic mass is 35.5. The summed E-state index contributed by atoms with van der Waals surface area (Å²) in [5, 5.41) is 2.49. The van der Waals surface area contributed by atoms with Crippen LogP contribution in [-0.2, 0) is 24.3 Å². The Balaban J connectivity index is 1.74. The highest BCUT2D eigenvalue weighted by molar-refractivity contribution is 6.35. The van der Waals surface area contributed by atoms with Gasteiger partial charge in [0.15, 0.2) is 0 Å². The number of hydrogen-bond donors (Lipinski definition) is 0. The van der Waals surface area contributed by atoms with Gasteiger partial charge in [0.1, 0.15) is 0 Å². The molecule has 0 spiro atoms. The number of aromatic nitrogens is 2. The normalized spacial score (nSPS) is 13.5. The molecule has 0 fully saturated rings. The van der Waals surface area contributed by atoms with Gasteiger partial charge in [0, 0.05) is 32.5 Å². The predicted octanol–water partition coefficient (Wildman–Crippen LogP) is 7.11. The first kappa shape index (κ1) is 21.5. The molecule has 0 aliphatic rings. The summed E-state index contributed by atoms with van der Waals surface area (Å²) in [6.45, 7) is 3.12. The number of benzene rings is 2. The molecule has 1 aromatic heterocycles. The van der Waals surface area contributed by atoms with Gasteiger partial charge in [-0.3, -0.25) is 0 Å². The third kappa shape index (κ3) is 5.88. The van der Waals surface area contributed by atoms with Crippen molar-refractivity contribution in [2.24, 2.45) is 0 Å². The molecular formula is C21H20Cl4N2O. The zero-order valence-corrected chi connectivity index (χ0v) is 18.4. The van der Waals surface area contributed by atoms with E-state index in [1.807, 2.05) is 35.0 Å². The van der Waals surface area contributed by atoms with E-state index >= 15 is 0 Å². The fourth-order valence-corrected chi connectivity index (χ4v) is 3.94. The van der Waals surface area contributed by atoms with E-state index in [9.17, 15) is 0 Å². The lowest BCUT2D eigenvalue weighted by Crippen LogP contribution is -2.34. The molecule has 2 aromatic carbocycles. The summed E-state index contributed by atoms with van der Waals surface area (Å²) < 4.78 is 8.36. The van der Waals surface area contributed by atoms with Gasteiger partial charge in [-0.25, -0.2) is 4.98 Å². The number of imidazole rings is 1. The van der Waals surface area contributed by atoms with Crippen LogP contribution in [0.25, 0.3) is 0 Å². The summed E-state index contributed by atoms with van der Waals surface area (Å²) in [6, 6.07) is 11.0. The first-order chi connectivity index (χ1) is 13.3. The summed E-state index contributed by atoms with van der Waals surface area (Å²) in [6.07, 6.45) is 6.98. The number of halogens is 4. The smallest absolute Gasteiger partial charge is 0.0946 e. The van der Waals surface area contributed by atoms with Crippen molar-refractivity contribution in [1.29, 1.82) is 0 Å². The van der Waals surface area contributed by atoms with Crippen molar-refractivity contribution in [2.75, 3.05) is 0 Å². The molecular weight excluding hydrogens is 438 g/mol. The van der Waals surface area contributed by atoms with Gasteiger partial charge < -0.3 is 9.30 Å². The van der Waals surface area contributed by atoms with Crippen LogP contribution in [0.15, 0.2) is 55.1 Å². The van der Waals surface area contributed by atoms with Gasteiger partial charge in [-0.05, 0) is 55.2 Å². The van der Waals surface area contributed by atoms with Crippen molar-refractivity contribution in [3.8, 4) is 0 Å². The van der Waals surface area contributed by atoms with E-state index in [0.29, 0.717) is 33.2 Å². The van der Waals surface area contributed by atoms with Crippen LogP contribution < -0.4 is 0 Å². The lowest BCUT2D eigenvalue weighted by Gasteiger charge is -2.31. The molecule has 3 aromatic rings. The zero-order chi connectivity index (χ0) is 20.1. The van der Waals surface area contributed by atoms with E-state index in [1.54, 1.807) is 24.7 Å². The van der Waals surface area contributed by atoms with Crippen molar-refractivity contribution < 1.29 is 4.74 Å². The Morgan fingerprint density at radius 3 is 2.18 bits per heavy atom. The van der Waals surface area contributed by atoms with Crippen LogP contribution >= 0.6 is 46.4 Å². The lowest BCUT2D eigenvalue weighted by molar-refractivity contribution is -0.0601. The van der Waals surface area contributed by atoms with E-state index in [-0.39, 0.29) is 0 Å². The molecule has 1 unspecified atom stereocenters. The summed E-state index contributed by atoms with van der Waals surface area (Å²) in [5.74, 6) is 0. The van der Waals surface area contributed by atoms with Gasteiger partial charge in [-0.1, -0.05) is 58.5 Å². The minimum Gasteiger partial charge on any atom is -0.369 e. The van der Waals surface area contributed by atoms with Gasteiger partial charge >= 0.3 is 0 Å². The Labute approximate surface area is 185 Å². The van der Waals surface area contributed by atoms with Gasteiger partial charge in [0.2, 0.25) is 0 Å². The molecule has 7 heteroatoms. The monoisotopic (exact) mass is 456 g/mol. The van der Waals surface area contributed by atoms with E-state index in [2.05, 4.69) is 11.9 Å². The lowest BCUT2D eigenvalue weighted by atomic mass is 9.96. The summed E-state index contributed by atoms with van der Waals surface area (Å²) in [5.41, 5.74) is 1.48. The number of rotatable bonds is 8. The van der Waals surface area contributed by atoms with Gasteiger partial charge in [-0.15, -0.1) is 0 Å². The van der Waals surface area contributed by atoms with Crippen LogP contribution in [-0.4, -0.2) is 15.2 Å². The molecule has 0 aliphatic carbocycles. The molecule has 3 nitrogen and oxygen atoms in total. The van der Waals surface area contributed by atoms with Crippen molar-refractivity contribution in [3.05, 3.63) is 86.3 Å². The zero-order valence-electron chi connectivity index (χ0n) is 15.3. The average molecular weight is 458 g/mol. The number of hydrogen-bond acceptors (Lipinski definition) is 2. The Morgan fingerprint density at radius 1 is 0.964 bits per heavy atom. The summed E-state index contributed by atoms with van der Waals surface area (Å²) in [4.78, 5) is 4.13. The van der Waals surface area contributed by atoms with E-state index in [0.717, 1.165) is 24.0 Å². The second-order valence-electron chi connectivity index (χ2n) is 6.95. The van der Waals surface area contributed by atoms with Crippen molar-refractivity contribution in [1.82, 2.24) is 9.55 Å². The maximum atomic E-state index is 6.35. The average Bonchev–Trinajstić information content (AvgIpc) is 3.13. The van der Waals surface area contributed by atoms with Crippen LogP contribution in [0.4, 0.5) is 0 Å². The molecule has 0 saturated carbocycles. The second-order valence-corrected chi connectivity index (χ2v) is 8.63. The van der Waals surface area contributed by atoms with Crippen LogP contribution in [0.2, 0.25) is 20.1 Å². The molecule has 28 heavy (non-hydrogen) atoms. The highest BCUT2D eigenvalue weighted by Crippen LogP contribution is 2.29. The first-order valence-electron chi connectivity index (χ1n) is 8.82. The molecule has 0 radical (unpaired) electrons. The topological polar surface area (TPSA) is 27.1 Å². The number of nitrogens with zero attached hydrogens (tertiary/aromatic N) is 2. The fraction of sp³-hybridized carbons (Fsp3) is 0.286. The van der Waals surface area contributed by atoms with Crippen molar-refractivity contribution in [3.63, 3.8) is 0 Å². The number of aryl methyl sites for hydroxylation is 1. The maximum absolute atomic E-state index is 6.35. The minimum absolute atomic E-state index is 0.384. The van der Waals surface area contributed by atoms with E-state index in [4.69, 9.17) is 51.1 Å². The quantitative estimate of drug-likeness (QED) is 0.360. The largest absolute Gasteiger partial charge is 0.369 e. The molecule has 1 heterocycles. The summed E-state index contributed by atoms with van der Waals surface area (Å²) >= 11 is 24.6. The molecule has 3 rings (SSSR count). The van der Waals surface area contributed by atoms with Gasteiger partial charge in [-0.2, -0.15) is 0 Å². The Kier molecular flexibility index (Phi) is 7.30. The van der Waals surface area contributed by atoms with Crippen LogP contribution in [0, 0.1) is 0 Å². The molecule has 0 aliphatic heterocycles. The molecule has 0 amide bonds. The third-order valence-electron chi connectivity index (χ3n) is 4.61. The van der Waals surface area contributed by atoms with Crippen LogP contribution in [0.5, 0.6) is 0 Å². The van der Waals surface area contributed by atoms with E-state index in [1.165, 1.54) is 0 Å². The Bertz CT molecular complexity index is 873. The molecule has 148 valence electrons. The molecule has 0 saturated heterocycles. The SMILES string of the molecule is CC(CCc1ccc(Cl)cc1Cl)(Cn1ccnc1)OCc1ccc(Cl)cc1Cl. The van der Waals surface area contributed by atoms with Crippen molar-refractivity contribution in [2.45, 2.75) is 38.5 Å². The van der Waals surface area contributed by atoms with Gasteiger partial charge in [0.05, 0.1) is 25.1 Å². The second kappa shape index (κ2) is 9.51. The predicted molar refractivity (Wildman–Crippen MR) is 117 cm³/mol. The third-order valence-corrected chi connectivity index (χ3v) is 5.78. The van der Waals surface area contributed by atoms with Crippen LogP contribution in [0.1, 0.15) is 24.5 Å². The first-order valence-corrected chi connectivity index (χ1v) is 10.3. The Hall–Kier alpha value is -1.23. The molecule has 1 atom stereocenters. The van der Waals surface area contributed by atoms with E-state index < -0.39 is 5.60 Å². The summed E-state index contributed by atoms with van der Waals surface area (Å²) in [7, 11) is 0. The standard InChI is InChI=1S/C21H20Cl4N2O/c1-21(13-27-9-8-26-14-27,7-6-15-2-4-17(22)10-19(15)24)28-12-16-3-5-18(23)11-20(16)25/h2-5,8-11,14H,6-7,12-13H2,1H3. The number of ether oxygens (including phenoxy) is 1. The van der Waals surface area contributed by atoms with Crippen molar-refractivity contribution >= 4 is 46.4 Å². The minimum atomic E-state index is -0.452. The highest BCUT2D eigenvalue weighted by Gasteiger charge is 2.26. The maximum Gasteiger partial charge on any atom is 0.0946 e. The molecule has 0 N–H and O–H groups in total. The Morgan fingerprint density at radius 2 is 1.61 bits per heavy atom. The molecule has 0 bridgehead atoms. The fourth-order valence-electron chi connectivity index (χ4n) is 2.98. The van der Waals surface area contributed by atoms with Crippen LogP contribution in [0.3, 0.4) is 0 Å². The van der Waals surface area contributed by atoms with Gasteiger partial charge in [0.25, 0.3) is 0 Å².